The smallest absolute Gasteiger partial charge is 0.220 e. The van der Waals surface area contributed by atoms with Gasteiger partial charge in [0.1, 0.15) is 0 Å². The first-order valence-electron chi connectivity index (χ1n) is 6.05. The van der Waals surface area contributed by atoms with Crippen LogP contribution in [-0.2, 0) is 11.3 Å². The van der Waals surface area contributed by atoms with E-state index >= 15 is 0 Å². The van der Waals surface area contributed by atoms with Gasteiger partial charge in [-0.05, 0) is 29.5 Å². The lowest BCUT2D eigenvalue weighted by Gasteiger charge is -2.08. The number of nitrogens with zero attached hydrogens (tertiary/aromatic N) is 1. The SMILES string of the molecule is CCCC(=O)NCc1cccnc1-c1cccs1. The van der Waals surface area contributed by atoms with Crippen LogP contribution in [0.1, 0.15) is 25.3 Å². The number of carbonyl (C=O) groups is 1. The van der Waals surface area contributed by atoms with Gasteiger partial charge in [0.15, 0.2) is 0 Å². The van der Waals surface area contributed by atoms with E-state index < -0.39 is 0 Å². The van der Waals surface area contributed by atoms with Crippen molar-refractivity contribution >= 4 is 17.2 Å². The molecule has 1 amide bonds. The molecule has 0 aromatic carbocycles. The fraction of sp³-hybridized carbons (Fsp3) is 0.286. The van der Waals surface area contributed by atoms with Gasteiger partial charge in [-0.25, -0.2) is 0 Å². The maximum Gasteiger partial charge on any atom is 0.220 e. The summed E-state index contributed by atoms with van der Waals surface area (Å²) in [4.78, 5) is 17.0. The number of thiophene rings is 1. The zero-order valence-electron chi connectivity index (χ0n) is 10.3. The fourth-order valence-corrected chi connectivity index (χ4v) is 2.48. The van der Waals surface area contributed by atoms with E-state index in [-0.39, 0.29) is 5.91 Å². The van der Waals surface area contributed by atoms with E-state index in [2.05, 4.69) is 10.3 Å². The Morgan fingerprint density at radius 2 is 2.28 bits per heavy atom. The molecule has 2 heterocycles. The van der Waals surface area contributed by atoms with E-state index in [1.807, 2.05) is 36.6 Å². The Morgan fingerprint density at radius 3 is 3.00 bits per heavy atom. The van der Waals surface area contributed by atoms with Crippen LogP contribution in [0.25, 0.3) is 10.6 Å². The van der Waals surface area contributed by atoms with Gasteiger partial charge in [-0.3, -0.25) is 9.78 Å². The van der Waals surface area contributed by atoms with Crippen LogP contribution >= 0.6 is 11.3 Å². The topological polar surface area (TPSA) is 42.0 Å². The molecule has 18 heavy (non-hydrogen) atoms. The second-order valence-electron chi connectivity index (χ2n) is 4.02. The maximum absolute atomic E-state index is 11.5. The molecule has 3 nitrogen and oxygen atoms in total. The average molecular weight is 260 g/mol. The first-order valence-corrected chi connectivity index (χ1v) is 6.93. The molecule has 0 radical (unpaired) electrons. The highest BCUT2D eigenvalue weighted by atomic mass is 32.1. The van der Waals surface area contributed by atoms with Crippen LogP contribution in [0.4, 0.5) is 0 Å². The summed E-state index contributed by atoms with van der Waals surface area (Å²) in [5.74, 6) is 0.0958. The molecular weight excluding hydrogens is 244 g/mol. The lowest BCUT2D eigenvalue weighted by molar-refractivity contribution is -0.121. The molecule has 4 heteroatoms. The van der Waals surface area contributed by atoms with Gasteiger partial charge in [0.05, 0.1) is 10.6 Å². The Bertz CT molecular complexity index is 508. The van der Waals surface area contributed by atoms with Crippen LogP contribution in [0.3, 0.4) is 0 Å². The summed E-state index contributed by atoms with van der Waals surface area (Å²) in [6.07, 6.45) is 3.23. The van der Waals surface area contributed by atoms with Crippen molar-refractivity contribution < 1.29 is 4.79 Å². The number of aromatic nitrogens is 1. The first-order chi connectivity index (χ1) is 8.81. The van der Waals surface area contributed by atoms with Crippen molar-refractivity contribution in [3.63, 3.8) is 0 Å². The lowest BCUT2D eigenvalue weighted by Crippen LogP contribution is -2.22. The number of rotatable bonds is 5. The predicted octanol–water partition coefficient (Wildman–Crippen LogP) is 3.23. The van der Waals surface area contributed by atoms with E-state index in [0.29, 0.717) is 13.0 Å². The molecule has 2 aromatic heterocycles. The number of pyridine rings is 1. The Kier molecular flexibility index (Phi) is 4.47. The number of nitrogens with one attached hydrogen (secondary N) is 1. The molecule has 1 N–H and O–H groups in total. The molecular formula is C14H16N2OS. The molecule has 0 atom stereocenters. The standard InChI is InChI=1S/C14H16N2OS/c1-2-5-13(17)16-10-11-6-3-8-15-14(11)12-7-4-9-18-12/h3-4,6-9H,2,5,10H2,1H3,(H,16,17). The summed E-state index contributed by atoms with van der Waals surface area (Å²) < 4.78 is 0. The van der Waals surface area contributed by atoms with Gasteiger partial charge in [-0.15, -0.1) is 11.3 Å². The van der Waals surface area contributed by atoms with Gasteiger partial charge in [0.25, 0.3) is 0 Å². The largest absolute Gasteiger partial charge is 0.352 e. The van der Waals surface area contributed by atoms with E-state index in [1.165, 1.54) is 0 Å². The Hall–Kier alpha value is -1.68. The number of hydrogen-bond donors (Lipinski definition) is 1. The average Bonchev–Trinajstić information content (AvgIpc) is 2.91. The van der Waals surface area contributed by atoms with Gasteiger partial charge >= 0.3 is 0 Å². The number of hydrogen-bond acceptors (Lipinski definition) is 3. The lowest BCUT2D eigenvalue weighted by atomic mass is 10.1. The summed E-state index contributed by atoms with van der Waals surface area (Å²) in [6.45, 7) is 2.54. The minimum absolute atomic E-state index is 0.0958. The zero-order valence-corrected chi connectivity index (χ0v) is 11.2. The zero-order chi connectivity index (χ0) is 12.8. The quantitative estimate of drug-likeness (QED) is 0.896. The molecule has 2 aromatic rings. The van der Waals surface area contributed by atoms with Crippen molar-refractivity contribution in [1.29, 1.82) is 0 Å². The maximum atomic E-state index is 11.5. The normalized spacial score (nSPS) is 10.3. The molecule has 0 unspecified atom stereocenters. The van der Waals surface area contributed by atoms with Crippen LogP contribution in [0.5, 0.6) is 0 Å². The van der Waals surface area contributed by atoms with Crippen LogP contribution < -0.4 is 5.32 Å². The minimum atomic E-state index is 0.0958. The van der Waals surface area contributed by atoms with Gasteiger partial charge in [-0.2, -0.15) is 0 Å². The fourth-order valence-electron chi connectivity index (χ4n) is 1.73. The van der Waals surface area contributed by atoms with Crippen LogP contribution in [0, 0.1) is 0 Å². The summed E-state index contributed by atoms with van der Waals surface area (Å²) in [7, 11) is 0. The van der Waals surface area contributed by atoms with Crippen molar-refractivity contribution in [2.45, 2.75) is 26.3 Å². The highest BCUT2D eigenvalue weighted by molar-refractivity contribution is 7.13. The third-order valence-corrected chi connectivity index (χ3v) is 3.48. The van der Waals surface area contributed by atoms with Crippen molar-refractivity contribution in [3.05, 3.63) is 41.4 Å². The third-order valence-electron chi connectivity index (χ3n) is 2.60. The molecule has 0 saturated carbocycles. The van der Waals surface area contributed by atoms with Crippen molar-refractivity contribution in [2.75, 3.05) is 0 Å². The molecule has 0 aliphatic carbocycles. The highest BCUT2D eigenvalue weighted by Crippen LogP contribution is 2.25. The second kappa shape index (κ2) is 6.31. The van der Waals surface area contributed by atoms with Gasteiger partial charge in [0, 0.05) is 19.2 Å². The van der Waals surface area contributed by atoms with Crippen molar-refractivity contribution in [1.82, 2.24) is 10.3 Å². The van der Waals surface area contributed by atoms with Crippen LogP contribution in [0.2, 0.25) is 0 Å². The van der Waals surface area contributed by atoms with Gasteiger partial charge in [0.2, 0.25) is 5.91 Å². The molecule has 0 saturated heterocycles. The van der Waals surface area contributed by atoms with Crippen LogP contribution in [-0.4, -0.2) is 10.9 Å². The Morgan fingerprint density at radius 1 is 1.39 bits per heavy atom. The first kappa shape index (κ1) is 12.8. The van der Waals surface area contributed by atoms with E-state index in [0.717, 1.165) is 22.6 Å². The molecule has 0 fully saturated rings. The third kappa shape index (κ3) is 3.17. The van der Waals surface area contributed by atoms with E-state index in [1.54, 1.807) is 17.5 Å². The van der Waals surface area contributed by atoms with E-state index in [4.69, 9.17) is 0 Å². The Balaban J connectivity index is 2.11. The summed E-state index contributed by atoms with van der Waals surface area (Å²) in [5, 5.41) is 4.96. The summed E-state index contributed by atoms with van der Waals surface area (Å²) in [5.41, 5.74) is 2.02. The van der Waals surface area contributed by atoms with Gasteiger partial charge in [-0.1, -0.05) is 19.1 Å². The number of carbonyl (C=O) groups excluding carboxylic acids is 1. The van der Waals surface area contributed by atoms with Crippen molar-refractivity contribution in [2.24, 2.45) is 0 Å². The number of amides is 1. The molecule has 2 rings (SSSR count). The molecule has 0 spiro atoms. The van der Waals surface area contributed by atoms with Gasteiger partial charge < -0.3 is 5.32 Å². The Labute approximate surface area is 111 Å². The molecule has 0 aliphatic rings. The monoisotopic (exact) mass is 260 g/mol. The summed E-state index contributed by atoms with van der Waals surface area (Å²) >= 11 is 1.66. The highest BCUT2D eigenvalue weighted by Gasteiger charge is 2.08. The predicted molar refractivity (Wildman–Crippen MR) is 74.3 cm³/mol. The molecule has 94 valence electrons. The van der Waals surface area contributed by atoms with E-state index in [9.17, 15) is 4.79 Å². The minimum Gasteiger partial charge on any atom is -0.352 e. The second-order valence-corrected chi connectivity index (χ2v) is 4.96. The summed E-state index contributed by atoms with van der Waals surface area (Å²) in [6, 6.07) is 7.96. The van der Waals surface area contributed by atoms with Crippen molar-refractivity contribution in [3.8, 4) is 10.6 Å². The molecule has 0 bridgehead atoms. The molecule has 0 aliphatic heterocycles. The van der Waals surface area contributed by atoms with Crippen LogP contribution in [0.15, 0.2) is 35.8 Å².